The van der Waals surface area contributed by atoms with Crippen LogP contribution in [0.4, 0.5) is 5.82 Å². The first-order chi connectivity index (χ1) is 13.1. The van der Waals surface area contributed by atoms with Gasteiger partial charge in [0.15, 0.2) is 0 Å². The van der Waals surface area contributed by atoms with Crippen molar-refractivity contribution in [3.05, 3.63) is 58.7 Å². The number of piperidine rings is 1. The zero-order valence-electron chi connectivity index (χ0n) is 16.0. The maximum absolute atomic E-state index is 12.6. The topological polar surface area (TPSA) is 48.5 Å². The average molecular weight is 387 g/mol. The summed E-state index contributed by atoms with van der Waals surface area (Å²) in [6.45, 7) is 2.30. The van der Waals surface area contributed by atoms with E-state index in [1.54, 1.807) is 12.3 Å². The number of rotatable bonds is 6. The number of halogens is 1. The van der Waals surface area contributed by atoms with E-state index in [4.69, 9.17) is 11.6 Å². The minimum atomic E-state index is 0.0195. The summed E-state index contributed by atoms with van der Waals surface area (Å²) in [4.78, 5) is 21.1. The van der Waals surface area contributed by atoms with Gasteiger partial charge in [0.05, 0.1) is 16.6 Å². The Labute approximate surface area is 166 Å². The van der Waals surface area contributed by atoms with Gasteiger partial charge in [0.1, 0.15) is 5.82 Å². The van der Waals surface area contributed by atoms with Gasteiger partial charge in [0.2, 0.25) is 0 Å². The highest BCUT2D eigenvalue weighted by Gasteiger charge is 2.20. The van der Waals surface area contributed by atoms with Gasteiger partial charge < -0.3 is 15.1 Å². The van der Waals surface area contributed by atoms with Crippen LogP contribution in [0.25, 0.3) is 0 Å². The van der Waals surface area contributed by atoms with Crippen LogP contribution in [0.5, 0.6) is 0 Å². The molecule has 144 valence electrons. The van der Waals surface area contributed by atoms with E-state index in [9.17, 15) is 4.79 Å². The van der Waals surface area contributed by atoms with E-state index in [0.717, 1.165) is 25.9 Å². The molecule has 1 aliphatic rings. The Kier molecular flexibility index (Phi) is 6.69. The summed E-state index contributed by atoms with van der Waals surface area (Å²) in [5.74, 6) is 0.626. The number of carbonyl (C=O) groups excluding carboxylic acids is 1. The van der Waals surface area contributed by atoms with Crippen LogP contribution in [0.1, 0.15) is 41.2 Å². The van der Waals surface area contributed by atoms with E-state index >= 15 is 0 Å². The van der Waals surface area contributed by atoms with Crippen LogP contribution < -0.4 is 5.32 Å². The quantitative estimate of drug-likeness (QED) is 0.812. The van der Waals surface area contributed by atoms with Gasteiger partial charge in [-0.1, -0.05) is 41.9 Å². The second-order valence-electron chi connectivity index (χ2n) is 7.18. The normalized spacial score (nSPS) is 15.6. The number of likely N-dealkylation sites (N-methyl/N-ethyl adjacent to an activating group) is 1. The van der Waals surface area contributed by atoms with Gasteiger partial charge in [-0.15, -0.1) is 0 Å². The molecule has 1 N–H and O–H groups in total. The van der Waals surface area contributed by atoms with Crippen molar-refractivity contribution in [2.75, 3.05) is 39.0 Å². The predicted octanol–water partition coefficient (Wildman–Crippen LogP) is 4.08. The SMILES string of the molecule is CN(C)C(CNc1ncc(C(=O)N2CCCCC2)cc1Cl)c1ccccc1. The molecule has 1 atom stereocenters. The van der Waals surface area contributed by atoms with Crippen LogP contribution in [0, 0.1) is 0 Å². The second-order valence-corrected chi connectivity index (χ2v) is 7.59. The van der Waals surface area contributed by atoms with E-state index in [-0.39, 0.29) is 11.9 Å². The maximum Gasteiger partial charge on any atom is 0.255 e. The Balaban J connectivity index is 1.67. The minimum Gasteiger partial charge on any atom is -0.367 e. The number of benzene rings is 1. The molecule has 2 aromatic rings. The molecule has 2 heterocycles. The summed E-state index contributed by atoms with van der Waals surface area (Å²) in [6, 6.07) is 12.2. The molecule has 0 aliphatic carbocycles. The molecule has 6 heteroatoms. The van der Waals surface area contributed by atoms with E-state index in [1.165, 1.54) is 12.0 Å². The van der Waals surface area contributed by atoms with Crippen molar-refractivity contribution in [2.45, 2.75) is 25.3 Å². The Hall–Kier alpha value is -2.11. The molecule has 1 aliphatic heterocycles. The number of likely N-dealkylation sites (tertiary alicyclic amines) is 1. The van der Waals surface area contributed by atoms with Gasteiger partial charge in [0.25, 0.3) is 5.91 Å². The van der Waals surface area contributed by atoms with Crippen LogP contribution >= 0.6 is 11.6 Å². The summed E-state index contributed by atoms with van der Waals surface area (Å²) in [7, 11) is 4.10. The molecule has 5 nitrogen and oxygen atoms in total. The van der Waals surface area contributed by atoms with E-state index in [0.29, 0.717) is 22.9 Å². The summed E-state index contributed by atoms with van der Waals surface area (Å²) in [5.41, 5.74) is 1.78. The monoisotopic (exact) mass is 386 g/mol. The van der Waals surface area contributed by atoms with E-state index in [1.807, 2.05) is 23.1 Å². The highest BCUT2D eigenvalue weighted by molar-refractivity contribution is 6.33. The Morgan fingerprint density at radius 2 is 1.93 bits per heavy atom. The van der Waals surface area contributed by atoms with Crippen LogP contribution in [-0.4, -0.2) is 54.4 Å². The molecule has 3 rings (SSSR count). The number of aromatic nitrogens is 1. The molecule has 1 fully saturated rings. The number of carbonyl (C=O) groups is 1. The average Bonchev–Trinajstić information content (AvgIpc) is 2.70. The minimum absolute atomic E-state index is 0.0195. The van der Waals surface area contributed by atoms with Crippen LogP contribution in [-0.2, 0) is 0 Å². The molecule has 27 heavy (non-hydrogen) atoms. The highest BCUT2D eigenvalue weighted by atomic mass is 35.5. The molecule has 1 aromatic heterocycles. The first-order valence-electron chi connectivity index (χ1n) is 9.46. The molecule has 1 unspecified atom stereocenters. The molecule has 1 saturated heterocycles. The van der Waals surface area contributed by atoms with Crippen LogP contribution in [0.3, 0.4) is 0 Å². The summed E-state index contributed by atoms with van der Waals surface area (Å²) in [5, 5.41) is 3.80. The Morgan fingerprint density at radius 3 is 2.56 bits per heavy atom. The Morgan fingerprint density at radius 1 is 1.22 bits per heavy atom. The number of hydrogen-bond acceptors (Lipinski definition) is 4. The summed E-state index contributed by atoms with van der Waals surface area (Å²) < 4.78 is 0. The fraction of sp³-hybridized carbons (Fsp3) is 0.429. The lowest BCUT2D eigenvalue weighted by Gasteiger charge is -2.27. The lowest BCUT2D eigenvalue weighted by molar-refractivity contribution is 0.0724. The number of anilines is 1. The molecule has 0 spiro atoms. The van der Waals surface area contributed by atoms with E-state index < -0.39 is 0 Å². The zero-order valence-corrected chi connectivity index (χ0v) is 16.7. The van der Waals surface area contributed by atoms with Gasteiger partial charge in [-0.05, 0) is 45.0 Å². The molecular formula is C21H27ClN4O. The van der Waals surface area contributed by atoms with Gasteiger partial charge >= 0.3 is 0 Å². The van der Waals surface area contributed by atoms with E-state index in [2.05, 4.69) is 41.4 Å². The molecule has 1 amide bonds. The van der Waals surface area contributed by atoms with Crippen molar-refractivity contribution in [3.8, 4) is 0 Å². The smallest absolute Gasteiger partial charge is 0.255 e. The summed E-state index contributed by atoms with van der Waals surface area (Å²) in [6.07, 6.45) is 4.95. The van der Waals surface area contributed by atoms with Crippen molar-refractivity contribution in [1.82, 2.24) is 14.8 Å². The molecule has 0 radical (unpaired) electrons. The van der Waals surface area contributed by atoms with Crippen molar-refractivity contribution in [1.29, 1.82) is 0 Å². The van der Waals surface area contributed by atoms with Crippen molar-refractivity contribution in [2.24, 2.45) is 0 Å². The van der Waals surface area contributed by atoms with Crippen molar-refractivity contribution < 1.29 is 4.79 Å². The lowest BCUT2D eigenvalue weighted by atomic mass is 10.1. The van der Waals surface area contributed by atoms with Crippen molar-refractivity contribution >= 4 is 23.3 Å². The van der Waals surface area contributed by atoms with Gasteiger partial charge in [0, 0.05) is 25.8 Å². The third-order valence-electron chi connectivity index (χ3n) is 5.00. The molecule has 0 saturated carbocycles. The highest BCUT2D eigenvalue weighted by Crippen LogP contribution is 2.24. The predicted molar refractivity (Wildman–Crippen MR) is 110 cm³/mol. The first-order valence-corrected chi connectivity index (χ1v) is 9.84. The lowest BCUT2D eigenvalue weighted by Crippen LogP contribution is -2.35. The largest absolute Gasteiger partial charge is 0.367 e. The third kappa shape index (κ3) is 4.99. The molecule has 1 aromatic carbocycles. The number of nitrogens with zero attached hydrogens (tertiary/aromatic N) is 3. The number of nitrogens with one attached hydrogen (secondary N) is 1. The maximum atomic E-state index is 12.6. The van der Waals surface area contributed by atoms with Crippen LogP contribution in [0.15, 0.2) is 42.6 Å². The fourth-order valence-corrected chi connectivity index (χ4v) is 3.66. The van der Waals surface area contributed by atoms with Crippen molar-refractivity contribution in [3.63, 3.8) is 0 Å². The van der Waals surface area contributed by atoms with Gasteiger partial charge in [-0.2, -0.15) is 0 Å². The standard InChI is InChI=1S/C21H27ClN4O/c1-25(2)19(16-9-5-3-6-10-16)15-24-20-18(22)13-17(14-23-20)21(27)26-11-7-4-8-12-26/h3,5-6,9-10,13-14,19H,4,7-8,11-12,15H2,1-2H3,(H,23,24). The molecule has 0 bridgehead atoms. The summed E-state index contributed by atoms with van der Waals surface area (Å²) >= 11 is 6.41. The first kappa shape index (κ1) is 19.6. The number of pyridine rings is 1. The van der Waals surface area contributed by atoms with Crippen LogP contribution in [0.2, 0.25) is 5.02 Å². The third-order valence-corrected chi connectivity index (χ3v) is 5.29. The molecular weight excluding hydrogens is 360 g/mol. The number of amides is 1. The van der Waals surface area contributed by atoms with Gasteiger partial charge in [-0.25, -0.2) is 4.98 Å². The fourth-order valence-electron chi connectivity index (χ4n) is 3.43. The Bertz CT molecular complexity index is 760. The second kappa shape index (κ2) is 9.20. The number of hydrogen-bond donors (Lipinski definition) is 1. The zero-order chi connectivity index (χ0) is 19.2. The van der Waals surface area contributed by atoms with Gasteiger partial charge in [-0.3, -0.25) is 4.79 Å².